The molecule has 0 aromatic carbocycles. The molecule has 0 aromatic rings. The van der Waals surface area contributed by atoms with Gasteiger partial charge in [-0.2, -0.15) is 0 Å². The van der Waals surface area contributed by atoms with Gasteiger partial charge in [0.05, 0.1) is 13.2 Å². The molecule has 4 heteroatoms. The number of rotatable bonds is 3. The quantitative estimate of drug-likeness (QED) is 0.755. The van der Waals surface area contributed by atoms with Crippen LogP contribution in [0.5, 0.6) is 0 Å². The van der Waals surface area contributed by atoms with Crippen molar-refractivity contribution >= 4 is 6.09 Å². The molecular formula is C10H19NO3. The Hall–Kier alpha value is -0.770. The van der Waals surface area contributed by atoms with Crippen LogP contribution in [0.3, 0.4) is 0 Å². The molecule has 1 aliphatic rings. The molecule has 82 valence electrons. The van der Waals surface area contributed by atoms with Crippen LogP contribution in [0.1, 0.15) is 33.6 Å². The highest BCUT2D eigenvalue weighted by atomic mass is 16.6. The van der Waals surface area contributed by atoms with Crippen molar-refractivity contribution in [1.82, 2.24) is 5.32 Å². The molecule has 1 saturated heterocycles. The Kier molecular flexibility index (Phi) is 3.75. The molecule has 14 heavy (non-hydrogen) atoms. The summed E-state index contributed by atoms with van der Waals surface area (Å²) in [7, 11) is 0. The Morgan fingerprint density at radius 1 is 1.64 bits per heavy atom. The zero-order valence-electron chi connectivity index (χ0n) is 9.13. The molecule has 0 spiro atoms. The third-order valence-corrected chi connectivity index (χ3v) is 2.49. The fraction of sp³-hybridized carbons (Fsp3) is 0.900. The molecule has 1 N–H and O–H groups in total. The maximum absolute atomic E-state index is 11.4. The molecule has 0 saturated carbocycles. The summed E-state index contributed by atoms with van der Waals surface area (Å²) in [5.41, 5.74) is -0.198. The van der Waals surface area contributed by atoms with Crippen LogP contribution in [0.25, 0.3) is 0 Å². The van der Waals surface area contributed by atoms with Crippen molar-refractivity contribution in [2.75, 3.05) is 13.2 Å². The Morgan fingerprint density at radius 3 is 2.86 bits per heavy atom. The number of amides is 1. The summed E-state index contributed by atoms with van der Waals surface area (Å²) in [6.07, 6.45) is 1.28. The second-order valence-electron chi connectivity index (χ2n) is 4.25. The van der Waals surface area contributed by atoms with Crippen LogP contribution in [-0.4, -0.2) is 30.9 Å². The maximum atomic E-state index is 11.4. The predicted molar refractivity (Wildman–Crippen MR) is 53.2 cm³/mol. The van der Waals surface area contributed by atoms with Crippen molar-refractivity contribution in [2.24, 2.45) is 0 Å². The summed E-state index contributed by atoms with van der Waals surface area (Å²) in [5.74, 6) is 0. The topological polar surface area (TPSA) is 47.6 Å². The summed E-state index contributed by atoms with van der Waals surface area (Å²) in [6.45, 7) is 7.19. The molecule has 1 amide bonds. The van der Waals surface area contributed by atoms with E-state index in [0.29, 0.717) is 13.2 Å². The Morgan fingerprint density at radius 2 is 2.36 bits per heavy atom. The second-order valence-corrected chi connectivity index (χ2v) is 4.25. The van der Waals surface area contributed by atoms with Gasteiger partial charge in [-0.25, -0.2) is 4.79 Å². The lowest BCUT2D eigenvalue weighted by atomic mass is 10.0. The van der Waals surface area contributed by atoms with E-state index in [1.54, 1.807) is 0 Å². The number of alkyl carbamates (subject to hydrolysis) is 1. The van der Waals surface area contributed by atoms with Gasteiger partial charge < -0.3 is 14.8 Å². The average molecular weight is 201 g/mol. The highest BCUT2D eigenvalue weighted by Crippen LogP contribution is 2.11. The molecule has 0 aromatic heterocycles. The van der Waals surface area contributed by atoms with Crippen molar-refractivity contribution in [2.45, 2.75) is 45.3 Å². The van der Waals surface area contributed by atoms with E-state index < -0.39 is 0 Å². The van der Waals surface area contributed by atoms with Crippen molar-refractivity contribution < 1.29 is 14.3 Å². The molecule has 1 fully saturated rings. The van der Waals surface area contributed by atoms with Gasteiger partial charge in [-0.3, -0.25) is 0 Å². The van der Waals surface area contributed by atoms with Crippen LogP contribution in [0, 0.1) is 0 Å². The van der Waals surface area contributed by atoms with E-state index in [4.69, 9.17) is 9.47 Å². The van der Waals surface area contributed by atoms with E-state index in [-0.39, 0.29) is 17.7 Å². The van der Waals surface area contributed by atoms with Gasteiger partial charge in [0, 0.05) is 12.0 Å². The first-order valence-corrected chi connectivity index (χ1v) is 5.10. The van der Waals surface area contributed by atoms with Crippen LogP contribution in [0.2, 0.25) is 0 Å². The van der Waals surface area contributed by atoms with Gasteiger partial charge in [-0.05, 0) is 20.3 Å². The van der Waals surface area contributed by atoms with Gasteiger partial charge in [0.25, 0.3) is 0 Å². The Labute approximate surface area is 85.0 Å². The van der Waals surface area contributed by atoms with Crippen LogP contribution < -0.4 is 5.32 Å². The number of ether oxygens (including phenoxy) is 2. The van der Waals surface area contributed by atoms with Gasteiger partial charge in [0.2, 0.25) is 0 Å². The second kappa shape index (κ2) is 4.64. The predicted octanol–water partition coefficient (Wildman–Crippen LogP) is 1.69. The van der Waals surface area contributed by atoms with Crippen LogP contribution in [-0.2, 0) is 9.47 Å². The number of hydrogen-bond donors (Lipinski definition) is 1. The van der Waals surface area contributed by atoms with E-state index in [1.165, 1.54) is 0 Å². The molecule has 0 bridgehead atoms. The Bertz CT molecular complexity index is 198. The molecule has 0 unspecified atom stereocenters. The Balaban J connectivity index is 2.27. The van der Waals surface area contributed by atoms with Gasteiger partial charge in [-0.15, -0.1) is 0 Å². The minimum Gasteiger partial charge on any atom is -0.444 e. The first kappa shape index (κ1) is 11.3. The van der Waals surface area contributed by atoms with Crippen molar-refractivity contribution in [1.29, 1.82) is 0 Å². The number of nitrogens with one attached hydrogen (secondary N) is 1. The van der Waals surface area contributed by atoms with Crippen LogP contribution in [0.4, 0.5) is 4.79 Å². The summed E-state index contributed by atoms with van der Waals surface area (Å²) >= 11 is 0. The van der Waals surface area contributed by atoms with Gasteiger partial charge >= 0.3 is 6.09 Å². The molecule has 1 heterocycles. The lowest BCUT2D eigenvalue weighted by Crippen LogP contribution is -2.44. The van der Waals surface area contributed by atoms with Crippen molar-refractivity contribution in [3.8, 4) is 0 Å². The highest BCUT2D eigenvalue weighted by Gasteiger charge is 2.23. The normalized spacial score (nSPS) is 22.1. The van der Waals surface area contributed by atoms with E-state index >= 15 is 0 Å². The lowest BCUT2D eigenvalue weighted by Gasteiger charge is -2.24. The zero-order chi connectivity index (χ0) is 10.6. The monoisotopic (exact) mass is 201 g/mol. The van der Waals surface area contributed by atoms with E-state index in [0.717, 1.165) is 12.8 Å². The maximum Gasteiger partial charge on any atom is 0.407 e. The molecule has 1 rings (SSSR count). The third kappa shape index (κ3) is 3.54. The van der Waals surface area contributed by atoms with Crippen molar-refractivity contribution in [3.63, 3.8) is 0 Å². The fourth-order valence-electron chi connectivity index (χ4n) is 1.15. The largest absolute Gasteiger partial charge is 0.444 e. The van der Waals surface area contributed by atoms with E-state index in [1.807, 2.05) is 20.8 Å². The number of carbonyl (C=O) groups excluding carboxylic acids is 1. The SMILES string of the molecule is CCC(C)(C)NC(=O)O[C@@H]1CCOC1. The number of hydrogen-bond acceptors (Lipinski definition) is 3. The molecule has 0 aliphatic carbocycles. The van der Waals surface area contributed by atoms with Gasteiger partial charge in [0.15, 0.2) is 0 Å². The van der Waals surface area contributed by atoms with E-state index in [9.17, 15) is 4.79 Å². The summed E-state index contributed by atoms with van der Waals surface area (Å²) in [4.78, 5) is 11.4. The van der Waals surface area contributed by atoms with Crippen LogP contribution in [0.15, 0.2) is 0 Å². The van der Waals surface area contributed by atoms with Gasteiger partial charge in [-0.1, -0.05) is 6.92 Å². The third-order valence-electron chi connectivity index (χ3n) is 2.49. The highest BCUT2D eigenvalue weighted by molar-refractivity contribution is 5.68. The van der Waals surface area contributed by atoms with Crippen LogP contribution >= 0.6 is 0 Å². The average Bonchev–Trinajstić information content (AvgIpc) is 2.55. The molecule has 4 nitrogen and oxygen atoms in total. The molecule has 1 atom stereocenters. The molecule has 0 radical (unpaired) electrons. The first-order chi connectivity index (χ1) is 6.53. The molecule has 1 aliphatic heterocycles. The summed E-state index contributed by atoms with van der Waals surface area (Å²) in [6, 6.07) is 0. The molecular weight excluding hydrogens is 182 g/mol. The fourth-order valence-corrected chi connectivity index (χ4v) is 1.15. The van der Waals surface area contributed by atoms with Gasteiger partial charge in [0.1, 0.15) is 6.10 Å². The minimum atomic E-state index is -0.340. The number of carbonyl (C=O) groups is 1. The summed E-state index contributed by atoms with van der Waals surface area (Å²) < 4.78 is 10.3. The summed E-state index contributed by atoms with van der Waals surface area (Å²) in [5, 5.41) is 2.82. The smallest absolute Gasteiger partial charge is 0.407 e. The first-order valence-electron chi connectivity index (χ1n) is 5.10. The van der Waals surface area contributed by atoms with Crippen molar-refractivity contribution in [3.05, 3.63) is 0 Å². The minimum absolute atomic E-state index is 0.0670. The zero-order valence-corrected chi connectivity index (χ0v) is 9.13. The lowest BCUT2D eigenvalue weighted by molar-refractivity contribution is 0.0771. The standard InChI is InChI=1S/C10H19NO3/c1-4-10(2,3)11-9(12)14-8-5-6-13-7-8/h8H,4-7H2,1-3H3,(H,11,12)/t8-/m1/s1. The van der Waals surface area contributed by atoms with E-state index in [2.05, 4.69) is 5.32 Å².